The number of nitrogens with one attached hydrogen (secondary N) is 2. The number of benzene rings is 1. The van der Waals surface area contributed by atoms with Gasteiger partial charge in [-0.2, -0.15) is 27.1 Å². The first-order chi connectivity index (χ1) is 18.3. The average Bonchev–Trinajstić information content (AvgIpc) is 3.40. The minimum absolute atomic E-state index is 0.00836. The topological polar surface area (TPSA) is 123 Å². The van der Waals surface area contributed by atoms with E-state index in [1.165, 1.54) is 10.9 Å². The smallest absolute Gasteiger partial charge is 0.383 e. The number of nitrogen functional groups attached to an aromatic ring is 1. The van der Waals surface area contributed by atoms with Crippen LogP contribution in [0.3, 0.4) is 0 Å². The van der Waals surface area contributed by atoms with Gasteiger partial charge < -0.3 is 16.4 Å². The normalized spacial score (nSPS) is 20.2. The number of hydrogen-bond acceptors (Lipinski definition) is 7. The maximum absolute atomic E-state index is 13.6. The number of fused-ring (bicyclic) bond motifs is 2. The number of halogens is 5. The van der Waals surface area contributed by atoms with Gasteiger partial charge in [0.15, 0.2) is 5.82 Å². The van der Waals surface area contributed by atoms with E-state index in [-0.39, 0.29) is 29.2 Å². The van der Waals surface area contributed by atoms with Gasteiger partial charge in [0.25, 0.3) is 0 Å². The number of amidine groups is 1. The number of aryl methyl sites for hydroxylation is 1. The van der Waals surface area contributed by atoms with Crippen molar-refractivity contribution in [1.29, 1.82) is 0 Å². The summed E-state index contributed by atoms with van der Waals surface area (Å²) in [4.78, 5) is 26.3. The molecule has 0 radical (unpaired) electrons. The summed E-state index contributed by atoms with van der Waals surface area (Å²) in [7, 11) is 1.57. The molecule has 39 heavy (non-hydrogen) atoms. The summed E-state index contributed by atoms with van der Waals surface area (Å²) in [6, 6.07) is 7.94. The van der Waals surface area contributed by atoms with Crippen molar-refractivity contribution in [3.8, 4) is 0 Å². The van der Waals surface area contributed by atoms with Crippen molar-refractivity contribution in [3.63, 3.8) is 0 Å². The first kappa shape index (κ1) is 27.9. The molecule has 0 fully saturated rings. The molecule has 3 aromatic rings. The van der Waals surface area contributed by atoms with Gasteiger partial charge in [-0.3, -0.25) is 14.5 Å². The molecule has 0 aliphatic carbocycles. The van der Waals surface area contributed by atoms with Crippen LogP contribution >= 0.6 is 0 Å². The molecule has 0 saturated carbocycles. The van der Waals surface area contributed by atoms with Crippen molar-refractivity contribution >= 4 is 29.2 Å². The van der Waals surface area contributed by atoms with Crippen LogP contribution in [0.1, 0.15) is 62.2 Å². The highest BCUT2D eigenvalue weighted by Gasteiger charge is 2.57. The second-order valence-corrected chi connectivity index (χ2v) is 9.01. The van der Waals surface area contributed by atoms with Crippen molar-refractivity contribution in [2.45, 2.75) is 57.2 Å². The van der Waals surface area contributed by atoms with Crippen LogP contribution in [0.25, 0.3) is 0 Å². The Morgan fingerprint density at radius 1 is 1.08 bits per heavy atom. The number of aromatic nitrogens is 4. The van der Waals surface area contributed by atoms with Crippen molar-refractivity contribution in [3.05, 3.63) is 59.0 Å². The number of amides is 1. The van der Waals surface area contributed by atoms with E-state index >= 15 is 0 Å². The molecule has 0 bridgehead atoms. The summed E-state index contributed by atoms with van der Waals surface area (Å²) in [5.41, 5.74) is 6.68. The number of alkyl halides is 5. The number of nitrogens with zero attached hydrogens (tertiary/aromatic N) is 5. The first-order valence-electron chi connectivity index (χ1n) is 12.2. The Morgan fingerprint density at radius 2 is 1.74 bits per heavy atom. The number of nitrogens with two attached hydrogens (primary N) is 1. The molecule has 1 aromatic carbocycles. The molecule has 0 spiro atoms. The van der Waals surface area contributed by atoms with E-state index in [0.29, 0.717) is 22.5 Å². The Labute approximate surface area is 220 Å². The fourth-order valence-electron chi connectivity index (χ4n) is 4.54. The van der Waals surface area contributed by atoms with E-state index in [4.69, 9.17) is 5.73 Å². The fraction of sp³-hybridized carbons (Fsp3) is 0.400. The molecule has 14 heteroatoms. The number of carbonyl (C=O) groups is 1. The van der Waals surface area contributed by atoms with Gasteiger partial charge in [-0.15, -0.1) is 0 Å². The molecule has 2 aliphatic rings. The largest absolute Gasteiger partial charge is 0.453 e. The Bertz CT molecular complexity index is 1420. The summed E-state index contributed by atoms with van der Waals surface area (Å²) in [5, 5.41) is 9.62. The zero-order valence-corrected chi connectivity index (χ0v) is 21.6. The van der Waals surface area contributed by atoms with Gasteiger partial charge in [-0.05, 0) is 12.5 Å². The summed E-state index contributed by atoms with van der Waals surface area (Å²) in [6.45, 7) is 5.70. The predicted octanol–water partition coefficient (Wildman–Crippen LogP) is 4.97. The Morgan fingerprint density at radius 3 is 2.38 bits per heavy atom. The van der Waals surface area contributed by atoms with Crippen molar-refractivity contribution in [1.82, 2.24) is 19.7 Å². The molecule has 9 nitrogen and oxygen atoms in total. The quantitative estimate of drug-likeness (QED) is 0.386. The second-order valence-electron chi connectivity index (χ2n) is 9.01. The van der Waals surface area contributed by atoms with Crippen LogP contribution in [0.4, 0.5) is 39.4 Å². The van der Waals surface area contributed by atoms with Crippen molar-refractivity contribution < 1.29 is 26.7 Å². The molecule has 0 saturated heterocycles. The van der Waals surface area contributed by atoms with Gasteiger partial charge in [0.05, 0.1) is 11.8 Å². The average molecular weight is 551 g/mol. The van der Waals surface area contributed by atoms with Gasteiger partial charge in [0.2, 0.25) is 5.91 Å². The van der Waals surface area contributed by atoms with Crippen molar-refractivity contribution in [2.75, 3.05) is 16.4 Å². The number of hydrogen-bond donors (Lipinski definition) is 3. The lowest BCUT2D eigenvalue weighted by atomic mass is 9.78. The molecule has 2 aliphatic heterocycles. The summed E-state index contributed by atoms with van der Waals surface area (Å²) >= 11 is 0. The summed E-state index contributed by atoms with van der Waals surface area (Å²) in [5.74, 6) is -4.82. The summed E-state index contributed by atoms with van der Waals surface area (Å²) < 4.78 is 66.6. The van der Waals surface area contributed by atoms with Gasteiger partial charge in [0.1, 0.15) is 34.7 Å². The van der Waals surface area contributed by atoms with Gasteiger partial charge in [-0.1, -0.05) is 44.2 Å². The maximum Gasteiger partial charge on any atom is 0.453 e. The van der Waals surface area contributed by atoms with Crippen molar-refractivity contribution in [2.24, 2.45) is 12.0 Å². The lowest BCUT2D eigenvalue weighted by Crippen LogP contribution is -2.37. The molecular formula is C25H27F5N8O. The molecule has 2 aromatic heterocycles. The highest BCUT2D eigenvalue weighted by atomic mass is 19.4. The highest BCUT2D eigenvalue weighted by molar-refractivity contribution is 6.09. The van der Waals surface area contributed by atoms with E-state index < -0.39 is 36.4 Å². The van der Waals surface area contributed by atoms with Gasteiger partial charge in [0, 0.05) is 25.5 Å². The molecule has 4 heterocycles. The predicted molar refractivity (Wildman–Crippen MR) is 136 cm³/mol. The molecule has 2 unspecified atom stereocenters. The minimum Gasteiger partial charge on any atom is -0.383 e. The minimum atomic E-state index is -5.68. The summed E-state index contributed by atoms with van der Waals surface area (Å²) in [6.07, 6.45) is -6.42. The molecule has 2 atom stereocenters. The van der Waals surface area contributed by atoms with Crippen LogP contribution < -0.4 is 16.4 Å². The first-order valence-corrected chi connectivity index (χ1v) is 12.2. The fourth-order valence-corrected chi connectivity index (χ4v) is 4.54. The van der Waals surface area contributed by atoms with E-state index in [1.807, 2.05) is 19.9 Å². The Balaban J connectivity index is 0.00000172. The molecule has 5 rings (SSSR count). The monoisotopic (exact) mass is 550 g/mol. The highest BCUT2D eigenvalue weighted by Crippen LogP contribution is 2.46. The van der Waals surface area contributed by atoms with Crippen LogP contribution in [0.15, 0.2) is 41.5 Å². The Kier molecular flexibility index (Phi) is 7.08. The van der Waals surface area contributed by atoms with Crippen LogP contribution in [-0.4, -0.2) is 43.6 Å². The van der Waals surface area contributed by atoms with Crippen LogP contribution in [0.2, 0.25) is 0 Å². The van der Waals surface area contributed by atoms with E-state index in [2.05, 4.69) is 30.7 Å². The molecule has 1 amide bonds. The molecule has 4 N–H and O–H groups in total. The molecular weight excluding hydrogens is 523 g/mol. The zero-order valence-electron chi connectivity index (χ0n) is 21.6. The van der Waals surface area contributed by atoms with E-state index in [9.17, 15) is 26.7 Å². The lowest BCUT2D eigenvalue weighted by Gasteiger charge is -2.25. The maximum atomic E-state index is 13.6. The number of rotatable bonds is 5. The number of carbonyl (C=O) groups excluding carboxylic acids is 1. The van der Waals surface area contributed by atoms with Crippen LogP contribution in [-0.2, 0) is 17.3 Å². The zero-order chi connectivity index (χ0) is 28.8. The lowest BCUT2D eigenvalue weighted by molar-refractivity contribution is -0.283. The SMILES string of the molecule is CC.Cn1ncc2c1NC(CCC(F)(F)C(F)(F)F)=NC2c1nc(N)c2c(n1)NC(=O)C2(C)c1ccccc1. The van der Waals surface area contributed by atoms with E-state index in [0.717, 1.165) is 0 Å². The second kappa shape index (κ2) is 9.89. The Hall–Kier alpha value is -4.10. The number of anilines is 3. The third-order valence-electron chi connectivity index (χ3n) is 6.64. The van der Waals surface area contributed by atoms with Gasteiger partial charge >= 0.3 is 12.1 Å². The third-order valence-corrected chi connectivity index (χ3v) is 6.64. The third kappa shape index (κ3) is 4.68. The molecule has 208 valence electrons. The number of aliphatic imine (C=N–C) groups is 1. The van der Waals surface area contributed by atoms with Crippen LogP contribution in [0, 0.1) is 0 Å². The van der Waals surface area contributed by atoms with Crippen LogP contribution in [0.5, 0.6) is 0 Å². The van der Waals surface area contributed by atoms with E-state index in [1.54, 1.807) is 38.2 Å². The standard InChI is InChI=1S/C23H21F5N8O.C2H6/c1-21(11-6-4-3-5-7-11)14-16(29)33-18(34-17(14)35-20(21)37)15-12-10-30-36(2)19(12)32-13(31-15)8-9-22(24,25)23(26,27)28;1-2/h3-7,10,15H,8-9H2,1-2H3,(H,31,32)(H3,29,33,34,35,37);1-2H3. The van der Waals surface area contributed by atoms with Gasteiger partial charge in [-0.25, -0.2) is 9.97 Å².